The third-order valence-electron chi connectivity index (χ3n) is 4.23. The molecule has 4 rings (SSSR count). The number of pyridine rings is 1. The van der Waals surface area contributed by atoms with Crippen LogP contribution in [0.4, 0.5) is 5.69 Å². The normalized spacial score (nSPS) is 11.7. The maximum atomic E-state index is 13.2. The standard InChI is InChI=1S/C19H12N2O4S/c22-21(23)17-9-10-18(19-16(17)6-3-11-20-19)26(24,25)15-8-7-13-4-1-2-5-14(13)12-15/h1-12H. The van der Waals surface area contributed by atoms with Crippen LogP contribution in [0.25, 0.3) is 21.7 Å². The third kappa shape index (κ3) is 2.49. The maximum Gasteiger partial charge on any atom is 0.278 e. The van der Waals surface area contributed by atoms with Gasteiger partial charge in [-0.25, -0.2) is 8.42 Å². The highest BCUT2D eigenvalue weighted by Gasteiger charge is 2.25. The van der Waals surface area contributed by atoms with Gasteiger partial charge in [-0.15, -0.1) is 0 Å². The van der Waals surface area contributed by atoms with Gasteiger partial charge >= 0.3 is 0 Å². The molecule has 6 nitrogen and oxygen atoms in total. The summed E-state index contributed by atoms with van der Waals surface area (Å²) in [5, 5.41) is 13.1. The van der Waals surface area contributed by atoms with Gasteiger partial charge in [-0.1, -0.05) is 30.3 Å². The largest absolute Gasteiger partial charge is 0.278 e. The lowest BCUT2D eigenvalue weighted by atomic mass is 10.1. The number of nitro benzene ring substituents is 1. The Morgan fingerprint density at radius 1 is 0.885 bits per heavy atom. The second-order valence-corrected chi connectivity index (χ2v) is 7.67. The van der Waals surface area contributed by atoms with Crippen LogP contribution in [0, 0.1) is 10.1 Å². The number of fused-ring (bicyclic) bond motifs is 2. The number of rotatable bonds is 3. The van der Waals surface area contributed by atoms with Crippen molar-refractivity contribution in [2.24, 2.45) is 0 Å². The van der Waals surface area contributed by atoms with Crippen LogP contribution in [0.3, 0.4) is 0 Å². The van der Waals surface area contributed by atoms with E-state index in [0.717, 1.165) is 10.8 Å². The maximum absolute atomic E-state index is 13.2. The van der Waals surface area contributed by atoms with E-state index < -0.39 is 14.8 Å². The molecule has 0 saturated carbocycles. The van der Waals surface area contributed by atoms with Gasteiger partial charge in [0.15, 0.2) is 0 Å². The van der Waals surface area contributed by atoms with Crippen molar-refractivity contribution >= 4 is 37.2 Å². The lowest BCUT2D eigenvalue weighted by molar-refractivity contribution is -0.383. The van der Waals surface area contributed by atoms with Gasteiger partial charge in [-0.05, 0) is 41.1 Å². The Morgan fingerprint density at radius 2 is 1.65 bits per heavy atom. The zero-order chi connectivity index (χ0) is 18.3. The lowest BCUT2D eigenvalue weighted by Crippen LogP contribution is -2.04. The summed E-state index contributed by atoms with van der Waals surface area (Å²) in [6.07, 6.45) is 1.42. The highest BCUT2D eigenvalue weighted by Crippen LogP contribution is 2.33. The number of nitro groups is 1. The number of aromatic nitrogens is 1. The molecule has 1 heterocycles. The van der Waals surface area contributed by atoms with E-state index in [0.29, 0.717) is 0 Å². The summed E-state index contributed by atoms with van der Waals surface area (Å²) in [5.41, 5.74) is -0.0829. The molecule has 7 heteroatoms. The second kappa shape index (κ2) is 5.89. The van der Waals surface area contributed by atoms with E-state index in [2.05, 4.69) is 4.98 Å². The summed E-state index contributed by atoms with van der Waals surface area (Å²) in [4.78, 5) is 14.8. The van der Waals surface area contributed by atoms with Crippen LogP contribution in [0.15, 0.2) is 82.7 Å². The SMILES string of the molecule is O=[N+]([O-])c1ccc(S(=O)(=O)c2ccc3ccccc3c2)c2ncccc12. The van der Waals surface area contributed by atoms with Crippen molar-refractivity contribution in [3.05, 3.63) is 83.0 Å². The summed E-state index contributed by atoms with van der Waals surface area (Å²) >= 11 is 0. The molecule has 0 unspecified atom stereocenters. The first-order valence-corrected chi connectivity index (χ1v) is 9.23. The molecule has 0 bridgehead atoms. The minimum atomic E-state index is -3.88. The predicted octanol–water partition coefficient (Wildman–Crippen LogP) is 4.13. The molecule has 0 amide bonds. The van der Waals surface area contributed by atoms with Crippen LogP contribution in [0.2, 0.25) is 0 Å². The van der Waals surface area contributed by atoms with Crippen molar-refractivity contribution in [3.8, 4) is 0 Å². The van der Waals surface area contributed by atoms with Gasteiger partial charge in [0, 0.05) is 12.3 Å². The first-order chi connectivity index (χ1) is 12.5. The molecule has 0 saturated heterocycles. The average Bonchev–Trinajstić information content (AvgIpc) is 2.66. The molecule has 0 aliphatic carbocycles. The van der Waals surface area contributed by atoms with Gasteiger partial charge in [-0.2, -0.15) is 0 Å². The van der Waals surface area contributed by atoms with Crippen molar-refractivity contribution in [1.29, 1.82) is 0 Å². The van der Waals surface area contributed by atoms with Crippen molar-refractivity contribution in [2.75, 3.05) is 0 Å². The minimum Gasteiger partial charge on any atom is -0.258 e. The number of non-ortho nitro benzene ring substituents is 1. The van der Waals surface area contributed by atoms with E-state index in [4.69, 9.17) is 0 Å². The summed E-state index contributed by atoms with van der Waals surface area (Å²) in [5.74, 6) is 0. The van der Waals surface area contributed by atoms with E-state index in [1.54, 1.807) is 18.2 Å². The third-order valence-corrected chi connectivity index (χ3v) is 6.01. The Balaban J connectivity index is 1.98. The molecule has 0 atom stereocenters. The Morgan fingerprint density at radius 3 is 2.42 bits per heavy atom. The fourth-order valence-corrected chi connectivity index (χ4v) is 4.42. The summed E-state index contributed by atoms with van der Waals surface area (Å²) < 4.78 is 26.3. The first kappa shape index (κ1) is 16.2. The molecule has 128 valence electrons. The second-order valence-electron chi connectivity index (χ2n) is 5.75. The molecule has 1 aromatic heterocycles. The van der Waals surface area contributed by atoms with Gasteiger partial charge < -0.3 is 0 Å². The van der Waals surface area contributed by atoms with E-state index in [9.17, 15) is 18.5 Å². The van der Waals surface area contributed by atoms with Gasteiger partial charge in [0.2, 0.25) is 9.84 Å². The van der Waals surface area contributed by atoms with Crippen LogP contribution >= 0.6 is 0 Å². The quantitative estimate of drug-likeness (QED) is 0.403. The molecule has 0 fully saturated rings. The molecular weight excluding hydrogens is 352 g/mol. The van der Waals surface area contributed by atoms with Crippen LogP contribution < -0.4 is 0 Å². The zero-order valence-corrected chi connectivity index (χ0v) is 14.2. The van der Waals surface area contributed by atoms with Gasteiger partial charge in [-0.3, -0.25) is 15.1 Å². The average molecular weight is 364 g/mol. The molecule has 0 aliphatic heterocycles. The number of hydrogen-bond acceptors (Lipinski definition) is 5. The molecule has 0 aliphatic rings. The van der Waals surface area contributed by atoms with Crippen LogP contribution in [0.1, 0.15) is 0 Å². The van der Waals surface area contributed by atoms with E-state index in [1.807, 2.05) is 24.3 Å². The smallest absolute Gasteiger partial charge is 0.258 e. The van der Waals surface area contributed by atoms with Crippen LogP contribution in [0.5, 0.6) is 0 Å². The number of benzene rings is 3. The van der Waals surface area contributed by atoms with Crippen molar-refractivity contribution in [3.63, 3.8) is 0 Å². The number of hydrogen-bond donors (Lipinski definition) is 0. The van der Waals surface area contributed by atoms with Crippen molar-refractivity contribution in [1.82, 2.24) is 4.98 Å². The molecule has 0 radical (unpaired) electrons. The zero-order valence-electron chi connectivity index (χ0n) is 13.4. The molecule has 0 spiro atoms. The predicted molar refractivity (Wildman–Crippen MR) is 97.8 cm³/mol. The van der Waals surface area contributed by atoms with Crippen molar-refractivity contribution < 1.29 is 13.3 Å². The topological polar surface area (TPSA) is 90.2 Å². The molecular formula is C19H12N2O4S. The Labute approximate surface area is 148 Å². The number of nitrogens with zero attached hydrogens (tertiary/aromatic N) is 2. The Hall–Kier alpha value is -3.32. The summed E-state index contributed by atoms with van der Waals surface area (Å²) in [6, 6.07) is 17.8. The van der Waals surface area contributed by atoms with E-state index in [-0.39, 0.29) is 26.4 Å². The monoisotopic (exact) mass is 364 g/mol. The molecule has 3 aromatic carbocycles. The van der Waals surface area contributed by atoms with Crippen LogP contribution in [-0.2, 0) is 9.84 Å². The number of sulfone groups is 1. The minimum absolute atomic E-state index is 0.0472. The van der Waals surface area contributed by atoms with Gasteiger partial charge in [0.1, 0.15) is 0 Å². The van der Waals surface area contributed by atoms with Crippen LogP contribution in [-0.4, -0.2) is 18.3 Å². The molecule has 0 N–H and O–H groups in total. The highest BCUT2D eigenvalue weighted by atomic mass is 32.2. The first-order valence-electron chi connectivity index (χ1n) is 7.74. The summed E-state index contributed by atoms with van der Waals surface area (Å²) in [6.45, 7) is 0. The van der Waals surface area contributed by atoms with E-state index >= 15 is 0 Å². The Kier molecular flexibility index (Phi) is 3.66. The fourth-order valence-electron chi connectivity index (χ4n) is 2.97. The molecule has 26 heavy (non-hydrogen) atoms. The Bertz CT molecular complexity index is 1280. The molecule has 4 aromatic rings. The van der Waals surface area contributed by atoms with Crippen molar-refractivity contribution in [2.45, 2.75) is 9.79 Å². The lowest BCUT2D eigenvalue weighted by Gasteiger charge is -2.09. The van der Waals surface area contributed by atoms with Gasteiger partial charge in [0.25, 0.3) is 5.69 Å². The summed E-state index contributed by atoms with van der Waals surface area (Å²) in [7, 11) is -3.88. The van der Waals surface area contributed by atoms with Gasteiger partial charge in [0.05, 0.1) is 25.6 Å². The fraction of sp³-hybridized carbons (Fsp3) is 0. The highest BCUT2D eigenvalue weighted by molar-refractivity contribution is 7.91. The van der Waals surface area contributed by atoms with E-state index in [1.165, 1.54) is 30.5 Å².